The first-order valence-electron chi connectivity index (χ1n) is 4.65. The van der Waals surface area contributed by atoms with Crippen molar-refractivity contribution in [3.8, 4) is 0 Å². The summed E-state index contributed by atoms with van der Waals surface area (Å²) in [7, 11) is -3.81. The van der Waals surface area contributed by atoms with E-state index < -0.39 is 20.0 Å². The molecule has 1 aromatic carbocycles. The molecule has 100 valence electrons. The molecule has 18 heavy (non-hydrogen) atoms. The van der Waals surface area contributed by atoms with Crippen LogP contribution in [0.4, 0.5) is 5.69 Å². The first kappa shape index (κ1) is 15.5. The zero-order chi connectivity index (χ0) is 14.1. The lowest BCUT2D eigenvalue weighted by Gasteiger charge is -2.12. The van der Waals surface area contributed by atoms with E-state index in [4.69, 9.17) is 34.8 Å². The molecule has 0 spiro atoms. The van der Waals surface area contributed by atoms with E-state index in [1.807, 2.05) is 0 Å². The minimum absolute atomic E-state index is 0.133. The molecule has 0 aliphatic heterocycles. The molecule has 0 aromatic heterocycles. The van der Waals surface area contributed by atoms with Gasteiger partial charge in [0, 0.05) is 18.0 Å². The van der Waals surface area contributed by atoms with Gasteiger partial charge in [-0.3, -0.25) is 10.1 Å². The monoisotopic (exact) mass is 331 g/mol. The zero-order valence-corrected chi connectivity index (χ0v) is 12.1. The van der Waals surface area contributed by atoms with Crippen LogP contribution in [0.2, 0.25) is 10.0 Å². The van der Waals surface area contributed by atoms with Crippen LogP contribution in [0.25, 0.3) is 0 Å². The van der Waals surface area contributed by atoms with Gasteiger partial charge in [0.05, 0.1) is 20.2 Å². The Hall–Kier alpha value is -0.560. The number of benzene rings is 1. The van der Waals surface area contributed by atoms with Crippen LogP contribution < -0.4 is 0 Å². The molecule has 0 fully saturated rings. The highest BCUT2D eigenvalue weighted by Crippen LogP contribution is 2.35. The highest BCUT2D eigenvalue weighted by atomic mass is 35.5. The molecule has 1 rings (SSSR count). The molecular formula is C9H8Cl3NO4S. The first-order valence-corrected chi connectivity index (χ1v) is 7.48. The van der Waals surface area contributed by atoms with Gasteiger partial charge in [-0.1, -0.05) is 23.2 Å². The summed E-state index contributed by atoms with van der Waals surface area (Å²) in [4.78, 5) is 9.54. The van der Waals surface area contributed by atoms with E-state index in [2.05, 4.69) is 0 Å². The summed E-state index contributed by atoms with van der Waals surface area (Å²) >= 11 is 17.0. The SMILES string of the molecule is CC(CCl)S(=O)(=O)c1c(Cl)cc([N+](=O)[O-])cc1Cl. The number of nitro benzene ring substituents is 1. The average molecular weight is 333 g/mol. The maximum absolute atomic E-state index is 12.1. The Bertz CT molecular complexity index is 564. The molecule has 1 unspecified atom stereocenters. The standard InChI is InChI=1S/C9H8Cl3NO4S/c1-5(4-10)18(16,17)9-7(11)2-6(13(14)15)3-8(9)12/h2-3,5H,4H2,1H3. The molecule has 9 heteroatoms. The van der Waals surface area contributed by atoms with Gasteiger partial charge in [0.1, 0.15) is 4.90 Å². The van der Waals surface area contributed by atoms with Crippen LogP contribution >= 0.6 is 34.8 Å². The van der Waals surface area contributed by atoms with Crippen molar-refractivity contribution < 1.29 is 13.3 Å². The van der Waals surface area contributed by atoms with Crippen LogP contribution in [0.15, 0.2) is 17.0 Å². The van der Waals surface area contributed by atoms with Gasteiger partial charge in [0.15, 0.2) is 9.84 Å². The Morgan fingerprint density at radius 2 is 1.78 bits per heavy atom. The van der Waals surface area contributed by atoms with Crippen molar-refractivity contribution in [1.29, 1.82) is 0 Å². The Balaban J connectivity index is 3.49. The van der Waals surface area contributed by atoms with Gasteiger partial charge in [0.25, 0.3) is 5.69 Å². The lowest BCUT2D eigenvalue weighted by Crippen LogP contribution is -2.20. The Kier molecular flexibility index (Phi) is 4.83. The van der Waals surface area contributed by atoms with E-state index in [-0.39, 0.29) is 26.5 Å². The molecular weight excluding hydrogens is 325 g/mol. The largest absolute Gasteiger partial charge is 0.272 e. The Morgan fingerprint density at radius 1 is 1.33 bits per heavy atom. The fourth-order valence-corrected chi connectivity index (χ4v) is 4.06. The second kappa shape index (κ2) is 5.61. The van der Waals surface area contributed by atoms with Gasteiger partial charge in [-0.05, 0) is 6.92 Å². The van der Waals surface area contributed by atoms with Crippen LogP contribution in [-0.4, -0.2) is 24.5 Å². The molecule has 0 radical (unpaired) electrons. The van der Waals surface area contributed by atoms with Crippen molar-refractivity contribution in [2.75, 3.05) is 5.88 Å². The fraction of sp³-hybridized carbons (Fsp3) is 0.333. The van der Waals surface area contributed by atoms with Crippen LogP contribution in [-0.2, 0) is 9.84 Å². The lowest BCUT2D eigenvalue weighted by atomic mass is 10.3. The highest BCUT2D eigenvalue weighted by molar-refractivity contribution is 7.92. The number of non-ortho nitro benzene ring substituents is 1. The molecule has 0 heterocycles. The highest BCUT2D eigenvalue weighted by Gasteiger charge is 2.29. The molecule has 0 bridgehead atoms. The molecule has 0 saturated heterocycles. The molecule has 5 nitrogen and oxygen atoms in total. The van der Waals surface area contributed by atoms with Gasteiger partial charge >= 0.3 is 0 Å². The van der Waals surface area contributed by atoms with Gasteiger partial charge in [0.2, 0.25) is 0 Å². The molecule has 0 saturated carbocycles. The maximum Gasteiger partial charge on any atom is 0.272 e. The van der Waals surface area contributed by atoms with Crippen LogP contribution in [0.5, 0.6) is 0 Å². The third-order valence-corrected chi connectivity index (χ3v) is 5.93. The van der Waals surface area contributed by atoms with E-state index in [0.29, 0.717) is 0 Å². The normalized spacial score (nSPS) is 13.3. The summed E-state index contributed by atoms with van der Waals surface area (Å²) in [6, 6.07) is 1.89. The van der Waals surface area contributed by atoms with E-state index in [9.17, 15) is 18.5 Å². The summed E-state index contributed by atoms with van der Waals surface area (Å²) in [5, 5.41) is 9.11. The maximum atomic E-state index is 12.1. The third-order valence-electron chi connectivity index (χ3n) is 2.23. The van der Waals surface area contributed by atoms with E-state index in [1.54, 1.807) is 0 Å². The van der Waals surface area contributed by atoms with Crippen LogP contribution in [0, 0.1) is 10.1 Å². The third kappa shape index (κ3) is 2.88. The zero-order valence-electron chi connectivity index (χ0n) is 9.06. The van der Waals surface area contributed by atoms with Crippen molar-refractivity contribution in [3.63, 3.8) is 0 Å². The van der Waals surface area contributed by atoms with E-state index >= 15 is 0 Å². The number of nitrogens with zero attached hydrogens (tertiary/aromatic N) is 1. The first-order chi connectivity index (χ1) is 8.21. The van der Waals surface area contributed by atoms with Gasteiger partial charge in [-0.2, -0.15) is 0 Å². The number of nitro groups is 1. The number of alkyl halides is 1. The van der Waals surface area contributed by atoms with Gasteiger partial charge in [-0.15, -0.1) is 11.6 Å². The van der Waals surface area contributed by atoms with Crippen molar-refractivity contribution in [2.24, 2.45) is 0 Å². The molecule has 0 amide bonds. The molecule has 1 atom stereocenters. The Morgan fingerprint density at radius 3 is 2.11 bits per heavy atom. The number of hydrogen-bond donors (Lipinski definition) is 0. The minimum Gasteiger partial charge on any atom is -0.258 e. The minimum atomic E-state index is -3.81. The summed E-state index contributed by atoms with van der Waals surface area (Å²) in [6.45, 7) is 1.40. The van der Waals surface area contributed by atoms with Crippen molar-refractivity contribution in [1.82, 2.24) is 0 Å². The predicted molar refractivity (Wildman–Crippen MR) is 70.5 cm³/mol. The molecule has 0 aliphatic carbocycles. The number of hydrogen-bond acceptors (Lipinski definition) is 4. The van der Waals surface area contributed by atoms with Crippen molar-refractivity contribution in [2.45, 2.75) is 17.1 Å². The summed E-state index contributed by atoms with van der Waals surface area (Å²) in [5.41, 5.74) is -0.373. The van der Waals surface area contributed by atoms with Crippen molar-refractivity contribution in [3.05, 3.63) is 32.3 Å². The smallest absolute Gasteiger partial charge is 0.258 e. The quantitative estimate of drug-likeness (QED) is 0.481. The predicted octanol–water partition coefficient (Wildman–Crippen LogP) is 3.30. The number of rotatable bonds is 4. The van der Waals surface area contributed by atoms with E-state index in [1.165, 1.54) is 6.92 Å². The second-order valence-electron chi connectivity index (χ2n) is 3.51. The van der Waals surface area contributed by atoms with Gasteiger partial charge < -0.3 is 0 Å². The molecule has 0 aliphatic rings. The molecule has 1 aromatic rings. The van der Waals surface area contributed by atoms with Crippen molar-refractivity contribution >= 4 is 50.3 Å². The second-order valence-corrected chi connectivity index (χ2v) is 6.93. The lowest BCUT2D eigenvalue weighted by molar-refractivity contribution is -0.384. The summed E-state index contributed by atoms with van der Waals surface area (Å²) in [5.74, 6) is -0.133. The molecule has 0 N–H and O–H groups in total. The van der Waals surface area contributed by atoms with Crippen LogP contribution in [0.3, 0.4) is 0 Å². The van der Waals surface area contributed by atoms with Gasteiger partial charge in [-0.25, -0.2) is 8.42 Å². The van der Waals surface area contributed by atoms with Crippen LogP contribution in [0.1, 0.15) is 6.92 Å². The van der Waals surface area contributed by atoms with E-state index in [0.717, 1.165) is 12.1 Å². The topological polar surface area (TPSA) is 77.3 Å². The summed E-state index contributed by atoms with van der Waals surface area (Å²) < 4.78 is 24.1. The fourth-order valence-electron chi connectivity index (χ4n) is 1.21. The number of sulfone groups is 1. The number of halogens is 3. The Labute approximate surface area is 119 Å². The summed E-state index contributed by atoms with van der Waals surface area (Å²) in [6.07, 6.45) is 0. The average Bonchev–Trinajstić information content (AvgIpc) is 2.26.